The SMILES string of the molecule is CC(CCC(O)(C(F)(F)F)C(F)(F)F)C1CCCC2C(CC=C3CC(O)CCC32C)C(C)CC1. The van der Waals surface area contributed by atoms with E-state index in [4.69, 9.17) is 0 Å². The normalized spacial score (nSPS) is 36.9. The maximum Gasteiger partial charge on any atom is 0.426 e. The summed E-state index contributed by atoms with van der Waals surface area (Å²) in [6, 6.07) is 0. The highest BCUT2D eigenvalue weighted by Crippen LogP contribution is 2.57. The van der Waals surface area contributed by atoms with Gasteiger partial charge in [-0.25, -0.2) is 0 Å². The van der Waals surface area contributed by atoms with E-state index in [1.165, 1.54) is 5.57 Å². The zero-order valence-electron chi connectivity index (χ0n) is 20.5. The van der Waals surface area contributed by atoms with E-state index in [2.05, 4.69) is 19.9 Å². The highest BCUT2D eigenvalue weighted by atomic mass is 19.4. The predicted molar refractivity (Wildman–Crippen MR) is 119 cm³/mol. The van der Waals surface area contributed by atoms with E-state index in [-0.39, 0.29) is 29.8 Å². The maximum atomic E-state index is 13.1. The van der Waals surface area contributed by atoms with Crippen molar-refractivity contribution >= 4 is 0 Å². The minimum absolute atomic E-state index is 0.0433. The number of hydrogen-bond acceptors (Lipinski definition) is 2. The Morgan fingerprint density at radius 3 is 2.29 bits per heavy atom. The van der Waals surface area contributed by atoms with Crippen molar-refractivity contribution in [2.45, 2.75) is 115 Å². The fourth-order valence-corrected chi connectivity index (χ4v) is 7.15. The average Bonchev–Trinajstić information content (AvgIpc) is 2.80. The smallest absolute Gasteiger partial charge is 0.393 e. The lowest BCUT2D eigenvalue weighted by Gasteiger charge is -2.52. The van der Waals surface area contributed by atoms with Crippen LogP contribution in [0.1, 0.15) is 91.4 Å². The fraction of sp³-hybridized carbons (Fsp3) is 0.923. The summed E-state index contributed by atoms with van der Waals surface area (Å²) >= 11 is 0. The lowest BCUT2D eigenvalue weighted by molar-refractivity contribution is -0.370. The molecule has 0 amide bonds. The fourth-order valence-electron chi connectivity index (χ4n) is 7.15. The minimum atomic E-state index is -5.75. The van der Waals surface area contributed by atoms with Gasteiger partial charge in [-0.2, -0.15) is 26.3 Å². The number of aliphatic hydroxyl groups is 2. The molecule has 34 heavy (non-hydrogen) atoms. The molecule has 2 fully saturated rings. The first-order valence-electron chi connectivity index (χ1n) is 12.8. The van der Waals surface area contributed by atoms with E-state index in [1.54, 1.807) is 6.92 Å². The first-order valence-corrected chi connectivity index (χ1v) is 12.8. The van der Waals surface area contributed by atoms with Crippen molar-refractivity contribution in [1.29, 1.82) is 0 Å². The number of allylic oxidation sites excluding steroid dienone is 1. The van der Waals surface area contributed by atoms with Gasteiger partial charge in [-0.15, -0.1) is 0 Å². The molecule has 3 rings (SSSR count). The lowest BCUT2D eigenvalue weighted by atomic mass is 9.54. The van der Waals surface area contributed by atoms with Gasteiger partial charge >= 0.3 is 12.4 Å². The molecule has 3 aliphatic rings. The van der Waals surface area contributed by atoms with Gasteiger partial charge in [-0.05, 0) is 86.4 Å². The predicted octanol–water partition coefficient (Wildman–Crippen LogP) is 7.59. The molecule has 0 spiro atoms. The van der Waals surface area contributed by atoms with Crippen LogP contribution in [0.5, 0.6) is 0 Å². The van der Waals surface area contributed by atoms with E-state index >= 15 is 0 Å². The van der Waals surface area contributed by atoms with Gasteiger partial charge in [0.1, 0.15) is 0 Å². The molecule has 0 aliphatic heterocycles. The number of halogens is 6. The number of alkyl halides is 6. The second-order valence-electron chi connectivity index (χ2n) is 11.7. The van der Waals surface area contributed by atoms with E-state index in [9.17, 15) is 36.6 Å². The molecule has 7 atom stereocenters. The summed E-state index contributed by atoms with van der Waals surface area (Å²) in [5.74, 6) is 1.13. The zero-order chi connectivity index (χ0) is 25.5. The molecule has 0 aromatic heterocycles. The Bertz CT molecular complexity index is 716. The first-order chi connectivity index (χ1) is 15.6. The molecule has 0 radical (unpaired) electrons. The van der Waals surface area contributed by atoms with Gasteiger partial charge in [-0.3, -0.25) is 0 Å². The molecular formula is C26H40F6O2. The van der Waals surface area contributed by atoms with Crippen LogP contribution >= 0.6 is 0 Å². The molecule has 198 valence electrons. The molecule has 0 bridgehead atoms. The van der Waals surface area contributed by atoms with E-state index in [0.29, 0.717) is 17.8 Å². The summed E-state index contributed by atoms with van der Waals surface area (Å²) in [6.07, 6.45) is -3.28. The molecule has 0 saturated heterocycles. The van der Waals surface area contributed by atoms with Crippen molar-refractivity contribution in [3.8, 4) is 0 Å². The Labute approximate surface area is 199 Å². The molecule has 0 aromatic carbocycles. The van der Waals surface area contributed by atoms with Gasteiger partial charge in [0.25, 0.3) is 5.60 Å². The molecule has 0 heterocycles. The van der Waals surface area contributed by atoms with Crippen LogP contribution in [-0.4, -0.2) is 34.3 Å². The summed E-state index contributed by atoms with van der Waals surface area (Å²) < 4.78 is 78.6. The summed E-state index contributed by atoms with van der Waals surface area (Å²) in [6.45, 7) is 6.29. The Hall–Kier alpha value is -0.760. The number of aliphatic hydroxyl groups excluding tert-OH is 1. The second kappa shape index (κ2) is 9.95. The molecular weight excluding hydrogens is 458 g/mol. The Morgan fingerprint density at radius 1 is 1.03 bits per heavy atom. The van der Waals surface area contributed by atoms with Crippen molar-refractivity contribution in [3.63, 3.8) is 0 Å². The van der Waals surface area contributed by atoms with Crippen molar-refractivity contribution in [2.75, 3.05) is 0 Å². The zero-order valence-corrected chi connectivity index (χ0v) is 20.5. The van der Waals surface area contributed by atoms with Crippen LogP contribution in [0.25, 0.3) is 0 Å². The van der Waals surface area contributed by atoms with Crippen molar-refractivity contribution in [3.05, 3.63) is 11.6 Å². The average molecular weight is 499 g/mol. The van der Waals surface area contributed by atoms with Crippen LogP contribution in [0.15, 0.2) is 11.6 Å². The third-order valence-electron chi connectivity index (χ3n) is 9.68. The van der Waals surface area contributed by atoms with E-state index in [0.717, 1.165) is 57.8 Å². The maximum absolute atomic E-state index is 13.1. The number of fused-ring (bicyclic) bond motifs is 3. The largest absolute Gasteiger partial charge is 0.426 e. The summed E-state index contributed by atoms with van der Waals surface area (Å²) in [5.41, 5.74) is -3.22. The van der Waals surface area contributed by atoms with E-state index < -0.39 is 24.4 Å². The molecule has 2 nitrogen and oxygen atoms in total. The van der Waals surface area contributed by atoms with Gasteiger partial charge in [0.05, 0.1) is 6.10 Å². The van der Waals surface area contributed by atoms with Crippen LogP contribution in [0.4, 0.5) is 26.3 Å². The van der Waals surface area contributed by atoms with Crippen molar-refractivity contribution in [1.82, 2.24) is 0 Å². The Morgan fingerprint density at radius 2 is 1.68 bits per heavy atom. The third-order valence-corrected chi connectivity index (χ3v) is 9.68. The van der Waals surface area contributed by atoms with Crippen molar-refractivity contribution in [2.24, 2.45) is 35.0 Å². The van der Waals surface area contributed by atoms with Crippen LogP contribution in [0.2, 0.25) is 0 Å². The van der Waals surface area contributed by atoms with Gasteiger partial charge in [-0.1, -0.05) is 51.7 Å². The molecule has 7 unspecified atom stereocenters. The number of hydrogen-bond donors (Lipinski definition) is 2. The lowest BCUT2D eigenvalue weighted by Crippen LogP contribution is -2.56. The summed E-state index contributed by atoms with van der Waals surface area (Å²) in [5, 5.41) is 19.7. The monoisotopic (exact) mass is 498 g/mol. The highest BCUT2D eigenvalue weighted by Gasteiger charge is 2.69. The topological polar surface area (TPSA) is 40.5 Å². The standard InChI is InChI=1S/C26H40F6O2/c1-16(11-14-24(34,25(27,28)29)26(30,31)32)18-5-4-6-22-21(17(2)7-8-18)10-9-19-15-20(33)12-13-23(19,22)3/h9,16-18,20-22,33-34H,4-8,10-15H2,1-3H3. The highest BCUT2D eigenvalue weighted by molar-refractivity contribution is 5.23. The molecule has 2 N–H and O–H groups in total. The second-order valence-corrected chi connectivity index (χ2v) is 11.7. The van der Waals surface area contributed by atoms with Gasteiger partial charge in [0.15, 0.2) is 0 Å². The van der Waals surface area contributed by atoms with Crippen LogP contribution < -0.4 is 0 Å². The molecule has 2 saturated carbocycles. The Kier molecular flexibility index (Phi) is 8.14. The van der Waals surface area contributed by atoms with Gasteiger partial charge in [0, 0.05) is 0 Å². The minimum Gasteiger partial charge on any atom is -0.393 e. The quantitative estimate of drug-likeness (QED) is 0.310. The summed E-state index contributed by atoms with van der Waals surface area (Å²) in [7, 11) is 0. The van der Waals surface area contributed by atoms with Crippen LogP contribution in [-0.2, 0) is 0 Å². The first kappa shape index (κ1) is 27.8. The van der Waals surface area contributed by atoms with Gasteiger partial charge in [0.2, 0.25) is 0 Å². The van der Waals surface area contributed by atoms with Crippen molar-refractivity contribution < 1.29 is 36.6 Å². The van der Waals surface area contributed by atoms with E-state index in [1.807, 2.05) is 0 Å². The molecule has 8 heteroatoms. The van der Waals surface area contributed by atoms with Crippen LogP contribution in [0.3, 0.4) is 0 Å². The molecule has 3 aliphatic carbocycles. The third kappa shape index (κ3) is 5.33. The Balaban J connectivity index is 1.69. The van der Waals surface area contributed by atoms with Gasteiger partial charge < -0.3 is 10.2 Å². The number of rotatable bonds is 4. The summed E-state index contributed by atoms with van der Waals surface area (Å²) in [4.78, 5) is 0. The van der Waals surface area contributed by atoms with Crippen LogP contribution in [0, 0.1) is 35.0 Å². The molecule has 0 aromatic rings.